The van der Waals surface area contributed by atoms with Gasteiger partial charge in [-0.3, -0.25) is 4.79 Å². The van der Waals surface area contributed by atoms with Crippen molar-refractivity contribution < 1.29 is 4.79 Å². The van der Waals surface area contributed by atoms with Crippen LogP contribution >= 0.6 is 11.6 Å². The summed E-state index contributed by atoms with van der Waals surface area (Å²) in [5.41, 5.74) is 9.09. The van der Waals surface area contributed by atoms with E-state index in [0.717, 1.165) is 12.2 Å². The van der Waals surface area contributed by atoms with Gasteiger partial charge in [0.2, 0.25) is 0 Å². The molecular weight excluding hydrogens is 286 g/mol. The van der Waals surface area contributed by atoms with E-state index in [4.69, 9.17) is 17.3 Å². The van der Waals surface area contributed by atoms with E-state index in [-0.39, 0.29) is 11.9 Å². The molecule has 0 spiro atoms. The zero-order valence-corrected chi connectivity index (χ0v) is 12.9. The fourth-order valence-corrected chi connectivity index (χ4v) is 3.17. The van der Waals surface area contributed by atoms with Gasteiger partial charge in [-0.25, -0.2) is 0 Å². The lowest BCUT2D eigenvalue weighted by atomic mass is 10.1. The molecule has 5 heteroatoms. The first kappa shape index (κ1) is 14.0. The van der Waals surface area contributed by atoms with E-state index in [1.165, 1.54) is 5.69 Å². The zero-order chi connectivity index (χ0) is 15.1. The number of amides is 1. The number of nitrogens with two attached hydrogens (primary N) is 1. The Hall–Kier alpha value is -1.94. The van der Waals surface area contributed by atoms with E-state index in [1.54, 1.807) is 18.2 Å². The van der Waals surface area contributed by atoms with Gasteiger partial charge >= 0.3 is 0 Å². The lowest BCUT2D eigenvalue weighted by molar-refractivity contribution is 0.0643. The average molecular weight is 304 g/mol. The van der Waals surface area contributed by atoms with Crippen molar-refractivity contribution in [2.24, 2.45) is 0 Å². The summed E-state index contributed by atoms with van der Waals surface area (Å²) >= 11 is 6.18. The Bertz CT molecular complexity index is 708. The molecule has 1 amide bonds. The number of aryl methyl sites for hydroxylation is 1. The molecule has 1 aliphatic heterocycles. The van der Waals surface area contributed by atoms with Crippen LogP contribution in [0.15, 0.2) is 30.3 Å². The Morgan fingerprint density at radius 2 is 2.05 bits per heavy atom. The maximum Gasteiger partial charge on any atom is 0.256 e. The van der Waals surface area contributed by atoms with Gasteiger partial charge < -0.3 is 15.2 Å². The number of carbonyl (C=O) groups is 1. The molecule has 1 aromatic carbocycles. The number of fused-ring (bicyclic) bond motifs is 1. The summed E-state index contributed by atoms with van der Waals surface area (Å²) in [5.74, 6) is -0.0649. The SMILES string of the molecule is Cc1ccc2n1CCN(C(=O)c1cccc(N)c1Cl)C2C. The predicted octanol–water partition coefficient (Wildman–Crippen LogP) is 3.25. The van der Waals surface area contributed by atoms with E-state index >= 15 is 0 Å². The summed E-state index contributed by atoms with van der Waals surface area (Å²) in [6.07, 6.45) is 0. The molecule has 0 radical (unpaired) electrons. The van der Waals surface area contributed by atoms with Gasteiger partial charge in [-0.15, -0.1) is 0 Å². The van der Waals surface area contributed by atoms with Crippen LogP contribution in [0, 0.1) is 6.92 Å². The minimum Gasteiger partial charge on any atom is -0.398 e. The second-order valence-electron chi connectivity index (χ2n) is 5.43. The van der Waals surface area contributed by atoms with Crippen LogP contribution in [0.4, 0.5) is 5.69 Å². The van der Waals surface area contributed by atoms with Gasteiger partial charge in [0.1, 0.15) is 0 Å². The third-order valence-corrected chi connectivity index (χ3v) is 4.63. The second-order valence-corrected chi connectivity index (χ2v) is 5.81. The molecule has 4 nitrogen and oxygen atoms in total. The molecule has 0 saturated heterocycles. The number of halogens is 1. The van der Waals surface area contributed by atoms with Crippen LogP contribution in [0.3, 0.4) is 0 Å². The summed E-state index contributed by atoms with van der Waals surface area (Å²) < 4.78 is 2.26. The minimum absolute atomic E-state index is 0.0254. The third kappa shape index (κ3) is 2.20. The summed E-state index contributed by atoms with van der Waals surface area (Å²) in [6.45, 7) is 5.61. The first-order valence-corrected chi connectivity index (χ1v) is 7.39. The Morgan fingerprint density at radius 3 is 2.81 bits per heavy atom. The molecule has 21 heavy (non-hydrogen) atoms. The number of hydrogen-bond donors (Lipinski definition) is 1. The van der Waals surface area contributed by atoms with Crippen molar-refractivity contribution in [2.75, 3.05) is 12.3 Å². The highest BCUT2D eigenvalue weighted by molar-refractivity contribution is 6.36. The van der Waals surface area contributed by atoms with Crippen molar-refractivity contribution in [3.63, 3.8) is 0 Å². The van der Waals surface area contributed by atoms with E-state index in [9.17, 15) is 4.79 Å². The van der Waals surface area contributed by atoms with Gasteiger partial charge in [-0.05, 0) is 38.1 Å². The maximum absolute atomic E-state index is 12.8. The molecule has 1 aromatic heterocycles. The standard InChI is InChI=1S/C16H18ClN3O/c1-10-6-7-14-11(2)20(9-8-19(10)14)16(21)12-4-3-5-13(18)15(12)17/h3-7,11H,8-9,18H2,1-2H3. The largest absolute Gasteiger partial charge is 0.398 e. The first-order chi connectivity index (χ1) is 10.0. The van der Waals surface area contributed by atoms with Crippen molar-refractivity contribution in [1.82, 2.24) is 9.47 Å². The number of carbonyl (C=O) groups excluding carboxylic acids is 1. The van der Waals surface area contributed by atoms with E-state index in [1.807, 2.05) is 11.8 Å². The minimum atomic E-state index is -0.0649. The van der Waals surface area contributed by atoms with Crippen LogP contribution in [0.2, 0.25) is 5.02 Å². The monoisotopic (exact) mass is 303 g/mol. The summed E-state index contributed by atoms with van der Waals surface area (Å²) in [6, 6.07) is 9.39. The van der Waals surface area contributed by atoms with E-state index in [2.05, 4.69) is 23.6 Å². The normalized spacial score (nSPS) is 17.7. The zero-order valence-electron chi connectivity index (χ0n) is 12.1. The van der Waals surface area contributed by atoms with Gasteiger partial charge in [-0.2, -0.15) is 0 Å². The summed E-state index contributed by atoms with van der Waals surface area (Å²) in [5, 5.41) is 0.340. The molecule has 0 aliphatic carbocycles. The molecule has 0 saturated carbocycles. The van der Waals surface area contributed by atoms with E-state index in [0.29, 0.717) is 22.8 Å². The number of hydrogen-bond acceptors (Lipinski definition) is 2. The highest BCUT2D eigenvalue weighted by Crippen LogP contribution is 2.31. The topological polar surface area (TPSA) is 51.3 Å². The number of benzene rings is 1. The van der Waals surface area contributed by atoms with Crippen molar-refractivity contribution in [3.05, 3.63) is 52.3 Å². The smallest absolute Gasteiger partial charge is 0.256 e. The van der Waals surface area contributed by atoms with Crippen molar-refractivity contribution in [3.8, 4) is 0 Å². The molecule has 1 unspecified atom stereocenters. The number of rotatable bonds is 1. The van der Waals surface area contributed by atoms with Crippen molar-refractivity contribution in [1.29, 1.82) is 0 Å². The molecule has 2 heterocycles. The summed E-state index contributed by atoms with van der Waals surface area (Å²) in [4.78, 5) is 14.6. The lowest BCUT2D eigenvalue weighted by Crippen LogP contribution is -2.41. The van der Waals surface area contributed by atoms with Crippen LogP contribution in [0.25, 0.3) is 0 Å². The number of aromatic nitrogens is 1. The number of nitrogen functional groups attached to an aromatic ring is 1. The molecule has 0 bridgehead atoms. The molecule has 1 atom stereocenters. The lowest BCUT2D eigenvalue weighted by Gasteiger charge is -2.35. The second kappa shape index (κ2) is 5.11. The number of nitrogens with zero attached hydrogens (tertiary/aromatic N) is 2. The quantitative estimate of drug-likeness (QED) is 0.822. The maximum atomic E-state index is 12.8. The molecule has 3 rings (SSSR count). The van der Waals surface area contributed by atoms with Crippen LogP contribution in [0.5, 0.6) is 0 Å². The number of anilines is 1. The third-order valence-electron chi connectivity index (χ3n) is 4.21. The molecule has 1 aliphatic rings. The molecule has 110 valence electrons. The van der Waals surface area contributed by atoms with Crippen LogP contribution in [-0.4, -0.2) is 21.9 Å². The van der Waals surface area contributed by atoms with Crippen LogP contribution < -0.4 is 5.73 Å². The Balaban J connectivity index is 1.95. The summed E-state index contributed by atoms with van der Waals surface area (Å²) in [7, 11) is 0. The van der Waals surface area contributed by atoms with Gasteiger partial charge in [-0.1, -0.05) is 17.7 Å². The average Bonchev–Trinajstić information content (AvgIpc) is 2.84. The Kier molecular flexibility index (Phi) is 3.41. The van der Waals surface area contributed by atoms with Gasteiger partial charge in [0, 0.05) is 24.5 Å². The van der Waals surface area contributed by atoms with Crippen LogP contribution in [0.1, 0.15) is 34.7 Å². The molecular formula is C16H18ClN3O. The fraction of sp³-hybridized carbons (Fsp3) is 0.312. The van der Waals surface area contributed by atoms with Crippen LogP contribution in [-0.2, 0) is 6.54 Å². The van der Waals surface area contributed by atoms with Gasteiger partial charge in [0.05, 0.1) is 22.3 Å². The van der Waals surface area contributed by atoms with E-state index < -0.39 is 0 Å². The Labute approximate surface area is 129 Å². The predicted molar refractivity (Wildman–Crippen MR) is 84.5 cm³/mol. The first-order valence-electron chi connectivity index (χ1n) is 7.01. The molecule has 2 aromatic rings. The van der Waals surface area contributed by atoms with Gasteiger partial charge in [0.15, 0.2) is 0 Å². The molecule has 0 fully saturated rings. The van der Waals surface area contributed by atoms with Gasteiger partial charge in [0.25, 0.3) is 5.91 Å². The fourth-order valence-electron chi connectivity index (χ4n) is 2.97. The Morgan fingerprint density at radius 1 is 1.29 bits per heavy atom. The van der Waals surface area contributed by atoms with Crippen molar-refractivity contribution >= 4 is 23.2 Å². The highest BCUT2D eigenvalue weighted by atomic mass is 35.5. The highest BCUT2D eigenvalue weighted by Gasteiger charge is 2.30. The molecule has 2 N–H and O–H groups in total. The van der Waals surface area contributed by atoms with Crippen molar-refractivity contribution in [2.45, 2.75) is 26.4 Å².